The van der Waals surface area contributed by atoms with E-state index in [2.05, 4.69) is 21.3 Å². The number of amides is 6. The summed E-state index contributed by atoms with van der Waals surface area (Å²) in [4.78, 5) is 122. The summed E-state index contributed by atoms with van der Waals surface area (Å²) in [6.45, 7) is 7.01. The minimum atomic E-state index is -2.04. The van der Waals surface area contributed by atoms with E-state index in [1.807, 2.05) is 13.8 Å². The van der Waals surface area contributed by atoms with E-state index in [1.54, 1.807) is 29.7 Å². The minimum Gasteiger partial charge on any atom is -0.508 e. The Balaban J connectivity index is 0.900. The highest BCUT2D eigenvalue weighted by molar-refractivity contribution is 6.12. The van der Waals surface area contributed by atoms with E-state index in [0.29, 0.717) is 94.8 Å². The van der Waals surface area contributed by atoms with Crippen molar-refractivity contribution in [1.29, 1.82) is 0 Å². The number of hydrogen-bond donors (Lipinski definition) is 5. The van der Waals surface area contributed by atoms with Crippen molar-refractivity contribution in [3.8, 4) is 17.1 Å². The van der Waals surface area contributed by atoms with Crippen molar-refractivity contribution in [1.82, 2.24) is 35.7 Å². The number of aryl methyl sites for hydroxylation is 1. The average Bonchev–Trinajstić information content (AvgIpc) is 4.06. The standard InChI is InChI=1S/C54H71N7O17/c1-4-36-37-28-35(62)14-15-41(37)59-50-38(36)31-61-43(50)29-40-39(52(61)70)32-77-53(71)54(40,5-2)78-49(68)30-57-51(69)42(58-46(65)34-76-26-22-72-6-3)12-9-10-18-55-45(64)33-75-27-25-74-24-23-73-21-19-56-44(63)13-8-7-11-20-60-47(66)16-17-48(60)67/h14-17,28-29,42,62H,4-13,18-27,30-34H2,1-3H3,(H,55,64)(H,56,63)(H,57,69)(H,58,65)/t42?,54-/m0/s1. The van der Waals surface area contributed by atoms with Crippen LogP contribution in [0.25, 0.3) is 22.3 Å². The molecule has 1 unspecified atom stereocenters. The second-order valence-corrected chi connectivity index (χ2v) is 18.5. The normalized spacial score (nSPS) is 15.6. The second kappa shape index (κ2) is 30.1. The van der Waals surface area contributed by atoms with Crippen molar-refractivity contribution in [2.24, 2.45) is 0 Å². The van der Waals surface area contributed by atoms with E-state index in [1.165, 1.54) is 23.1 Å². The van der Waals surface area contributed by atoms with E-state index < -0.39 is 47.5 Å². The number of nitrogens with one attached hydrogen (secondary N) is 4. The first kappa shape index (κ1) is 60.1. The Morgan fingerprint density at radius 1 is 0.756 bits per heavy atom. The molecule has 0 radical (unpaired) electrons. The number of unbranched alkanes of at least 4 members (excludes halogenated alkanes) is 3. The highest BCUT2D eigenvalue weighted by Crippen LogP contribution is 2.42. The molecule has 3 aromatic rings. The molecule has 5 heterocycles. The van der Waals surface area contributed by atoms with Gasteiger partial charge in [0.2, 0.25) is 29.2 Å². The third kappa shape index (κ3) is 16.2. The number of ether oxygens (including phenoxy) is 7. The number of rotatable bonds is 35. The Hall–Kier alpha value is -7.12. The molecule has 3 aliphatic heterocycles. The van der Waals surface area contributed by atoms with Crippen LogP contribution in [0.15, 0.2) is 41.2 Å². The lowest BCUT2D eigenvalue weighted by atomic mass is 9.85. The first-order chi connectivity index (χ1) is 37.7. The van der Waals surface area contributed by atoms with Gasteiger partial charge in [0.05, 0.1) is 75.3 Å². The van der Waals surface area contributed by atoms with Crippen LogP contribution >= 0.6 is 0 Å². The summed E-state index contributed by atoms with van der Waals surface area (Å²) in [5, 5.41) is 21.7. The van der Waals surface area contributed by atoms with E-state index in [4.69, 9.17) is 38.1 Å². The van der Waals surface area contributed by atoms with Gasteiger partial charge in [-0.3, -0.25) is 43.3 Å². The third-order valence-electron chi connectivity index (χ3n) is 13.2. The van der Waals surface area contributed by atoms with Crippen LogP contribution in [0, 0.1) is 0 Å². The van der Waals surface area contributed by atoms with Gasteiger partial charge < -0.3 is 64.1 Å². The molecule has 0 spiro atoms. The molecule has 2 aromatic heterocycles. The molecule has 24 heteroatoms. The van der Waals surface area contributed by atoms with Gasteiger partial charge in [-0.05, 0) is 81.7 Å². The van der Waals surface area contributed by atoms with E-state index in [9.17, 15) is 48.3 Å². The number of carbonyl (C=O) groups is 8. The number of benzene rings is 1. The van der Waals surface area contributed by atoms with Gasteiger partial charge >= 0.3 is 11.9 Å². The molecule has 3 aliphatic rings. The van der Waals surface area contributed by atoms with Crippen molar-refractivity contribution < 1.29 is 76.6 Å². The van der Waals surface area contributed by atoms with Crippen LogP contribution in [-0.4, -0.2) is 165 Å². The van der Waals surface area contributed by atoms with Crippen molar-refractivity contribution in [3.63, 3.8) is 0 Å². The first-order valence-corrected chi connectivity index (χ1v) is 26.5. The monoisotopic (exact) mass is 1090 g/mol. The minimum absolute atomic E-state index is 0.0816. The third-order valence-corrected chi connectivity index (χ3v) is 13.2. The van der Waals surface area contributed by atoms with Crippen molar-refractivity contribution >= 4 is 58.3 Å². The molecule has 5 N–H and O–H groups in total. The molecule has 0 saturated carbocycles. The van der Waals surface area contributed by atoms with Crippen LogP contribution in [-0.2, 0) is 96.7 Å². The smallest absolute Gasteiger partial charge is 0.355 e. The first-order valence-electron chi connectivity index (χ1n) is 26.5. The zero-order chi connectivity index (χ0) is 56.0. The number of cyclic esters (lactones) is 1. The summed E-state index contributed by atoms with van der Waals surface area (Å²) < 4.78 is 39.9. The fourth-order valence-electron chi connectivity index (χ4n) is 9.25. The zero-order valence-electron chi connectivity index (χ0n) is 44.5. The second-order valence-electron chi connectivity index (χ2n) is 18.5. The number of nitrogens with zero attached hydrogens (tertiary/aromatic N) is 3. The Morgan fingerprint density at radius 2 is 1.45 bits per heavy atom. The molecule has 78 heavy (non-hydrogen) atoms. The fraction of sp³-hybridized carbons (Fsp3) is 0.556. The number of phenolic OH excluding ortho intramolecular Hbond substituents is 1. The van der Waals surface area contributed by atoms with Crippen LogP contribution in [0.1, 0.15) is 94.4 Å². The predicted molar refractivity (Wildman–Crippen MR) is 278 cm³/mol. The van der Waals surface area contributed by atoms with Gasteiger partial charge in [-0.15, -0.1) is 0 Å². The zero-order valence-corrected chi connectivity index (χ0v) is 44.5. The summed E-state index contributed by atoms with van der Waals surface area (Å²) >= 11 is 0. The highest BCUT2D eigenvalue weighted by atomic mass is 16.6. The number of aromatic nitrogens is 2. The summed E-state index contributed by atoms with van der Waals surface area (Å²) in [5.74, 6) is -4.23. The quantitative estimate of drug-likeness (QED) is 0.0248. The number of imide groups is 1. The molecular formula is C54H71N7O17. The summed E-state index contributed by atoms with van der Waals surface area (Å²) in [5.41, 5.74) is 1.09. The summed E-state index contributed by atoms with van der Waals surface area (Å²) in [7, 11) is 0. The lowest BCUT2D eigenvalue weighted by Crippen LogP contribution is -2.51. The Kier molecular flexibility index (Phi) is 23.2. The maximum atomic E-state index is 14.1. The Bertz CT molecular complexity index is 2730. The van der Waals surface area contributed by atoms with E-state index in [0.717, 1.165) is 16.5 Å². The largest absolute Gasteiger partial charge is 0.508 e. The number of aromatic hydroxyl groups is 1. The molecule has 2 atom stereocenters. The molecule has 0 fully saturated rings. The number of esters is 2. The van der Waals surface area contributed by atoms with Crippen LogP contribution in [0.3, 0.4) is 0 Å². The molecular weight excluding hydrogens is 1020 g/mol. The molecule has 1 aromatic carbocycles. The lowest BCUT2D eigenvalue weighted by molar-refractivity contribution is -0.189. The molecule has 424 valence electrons. The lowest BCUT2D eigenvalue weighted by Gasteiger charge is -2.35. The predicted octanol–water partition coefficient (Wildman–Crippen LogP) is 1.49. The van der Waals surface area contributed by atoms with Gasteiger partial charge in [0.25, 0.3) is 17.4 Å². The molecule has 6 rings (SSSR count). The molecule has 24 nitrogen and oxygen atoms in total. The Labute approximate surface area is 451 Å². The summed E-state index contributed by atoms with van der Waals surface area (Å²) in [6.07, 6.45) is 6.18. The van der Waals surface area contributed by atoms with Crippen molar-refractivity contribution in [2.45, 2.75) is 103 Å². The SMILES string of the molecule is CCOCCOCC(=O)NC(CCCCNC(=O)COCCOCCOCCNC(=O)CCCCCN1C(=O)C=CC1=O)C(=O)NCC(=O)O[C@]1(CC)C(=O)OCc2c1cc1n(c2=O)Cc2c-1nc1ccc(O)cc1c2CC. The number of carbonyl (C=O) groups excluding carboxylic acids is 8. The van der Waals surface area contributed by atoms with Crippen LogP contribution in [0.4, 0.5) is 0 Å². The molecule has 0 saturated heterocycles. The fourth-order valence-corrected chi connectivity index (χ4v) is 9.25. The van der Waals surface area contributed by atoms with Gasteiger partial charge in [-0.2, -0.15) is 0 Å². The molecule has 0 bridgehead atoms. The maximum Gasteiger partial charge on any atom is 0.355 e. The number of fused-ring (bicyclic) bond motifs is 5. The number of hydrogen-bond acceptors (Lipinski definition) is 18. The number of pyridine rings is 2. The highest BCUT2D eigenvalue weighted by Gasteiger charge is 2.50. The van der Waals surface area contributed by atoms with E-state index >= 15 is 0 Å². The van der Waals surface area contributed by atoms with Crippen LogP contribution in [0.2, 0.25) is 0 Å². The van der Waals surface area contributed by atoms with Gasteiger partial charge in [-0.1, -0.05) is 20.3 Å². The molecule has 0 aliphatic carbocycles. The van der Waals surface area contributed by atoms with Crippen molar-refractivity contribution in [3.05, 3.63) is 69.0 Å². The Morgan fingerprint density at radius 3 is 2.17 bits per heavy atom. The molecule has 6 amide bonds. The maximum absolute atomic E-state index is 14.1. The van der Waals surface area contributed by atoms with Crippen molar-refractivity contribution in [2.75, 3.05) is 92.2 Å². The van der Waals surface area contributed by atoms with Gasteiger partial charge in [0.15, 0.2) is 0 Å². The van der Waals surface area contributed by atoms with Crippen LogP contribution in [0.5, 0.6) is 5.75 Å². The van der Waals surface area contributed by atoms with Gasteiger partial charge in [0, 0.05) is 61.3 Å². The topological polar surface area (TPSA) is 308 Å². The van der Waals surface area contributed by atoms with Gasteiger partial charge in [-0.25, -0.2) is 9.78 Å². The van der Waals surface area contributed by atoms with E-state index in [-0.39, 0.29) is 119 Å². The van der Waals surface area contributed by atoms with Gasteiger partial charge in [0.1, 0.15) is 38.2 Å². The number of phenols is 1. The van der Waals surface area contributed by atoms with Crippen LogP contribution < -0.4 is 26.8 Å². The average molecular weight is 1090 g/mol. The summed E-state index contributed by atoms with van der Waals surface area (Å²) in [6, 6.07) is 5.37.